The zero-order valence-corrected chi connectivity index (χ0v) is 17.6. The predicted molar refractivity (Wildman–Crippen MR) is 121 cm³/mol. The van der Waals surface area contributed by atoms with E-state index in [1.54, 1.807) is 18.3 Å². The Morgan fingerprint density at radius 3 is 2.72 bits per heavy atom. The molecule has 7 nitrogen and oxygen atoms in total. The van der Waals surface area contributed by atoms with E-state index < -0.39 is 12.1 Å². The van der Waals surface area contributed by atoms with E-state index in [0.29, 0.717) is 25.2 Å². The molecule has 1 saturated heterocycles. The number of nitrogens with zero attached hydrogens (tertiary/aromatic N) is 1. The Balaban J connectivity index is 1.50. The number of amides is 2. The lowest BCUT2D eigenvalue weighted by Gasteiger charge is -2.21. The number of carbonyl (C=O) groups excluding carboxylic acids is 2. The lowest BCUT2D eigenvalue weighted by atomic mass is 10.0. The zero-order chi connectivity index (χ0) is 22.5. The van der Waals surface area contributed by atoms with Gasteiger partial charge in [-0.1, -0.05) is 30.3 Å². The monoisotopic (exact) mass is 435 g/mol. The average Bonchev–Trinajstić information content (AvgIpc) is 3.29. The van der Waals surface area contributed by atoms with Gasteiger partial charge in [0.05, 0.1) is 23.4 Å². The summed E-state index contributed by atoms with van der Waals surface area (Å²) in [6, 6.07) is 14.1. The van der Waals surface area contributed by atoms with Crippen LogP contribution in [0.5, 0.6) is 0 Å². The molecule has 0 spiro atoms. The van der Waals surface area contributed by atoms with E-state index >= 15 is 0 Å². The number of halogens is 1. The Morgan fingerprint density at radius 1 is 1.19 bits per heavy atom. The van der Waals surface area contributed by atoms with Crippen LogP contribution in [0.2, 0.25) is 0 Å². The molecule has 0 saturated carbocycles. The van der Waals surface area contributed by atoms with Crippen molar-refractivity contribution in [1.82, 2.24) is 15.6 Å². The largest absolute Gasteiger partial charge is 0.343 e. The molecule has 8 heteroatoms. The van der Waals surface area contributed by atoms with Gasteiger partial charge < -0.3 is 21.7 Å². The molecule has 1 aliphatic heterocycles. The highest BCUT2D eigenvalue weighted by Gasteiger charge is 2.31. The van der Waals surface area contributed by atoms with E-state index in [2.05, 4.69) is 20.9 Å². The van der Waals surface area contributed by atoms with Crippen LogP contribution in [-0.2, 0) is 16.0 Å². The SMILES string of the molecule is NC[C@@H]1CN[C@@H](C(=O)NC(Cc2ccc(F)cc2)C(=O)Nc2cnc3ccccc3c2)C1. The smallest absolute Gasteiger partial charge is 0.247 e. The fourth-order valence-electron chi connectivity index (χ4n) is 3.89. The van der Waals surface area contributed by atoms with E-state index in [1.807, 2.05) is 30.3 Å². The highest BCUT2D eigenvalue weighted by Crippen LogP contribution is 2.17. The molecule has 1 aromatic heterocycles. The maximum atomic E-state index is 13.3. The summed E-state index contributed by atoms with van der Waals surface area (Å²) in [7, 11) is 0. The van der Waals surface area contributed by atoms with Gasteiger partial charge in [0.25, 0.3) is 0 Å². The maximum Gasteiger partial charge on any atom is 0.247 e. The number of rotatable bonds is 7. The molecule has 3 aromatic rings. The molecule has 3 atom stereocenters. The van der Waals surface area contributed by atoms with Crippen molar-refractivity contribution in [1.29, 1.82) is 0 Å². The van der Waals surface area contributed by atoms with E-state index in [0.717, 1.165) is 16.5 Å². The first kappa shape index (κ1) is 21.9. The molecule has 32 heavy (non-hydrogen) atoms. The Kier molecular flexibility index (Phi) is 6.72. The third kappa shape index (κ3) is 5.27. The molecular weight excluding hydrogens is 409 g/mol. The summed E-state index contributed by atoms with van der Waals surface area (Å²) in [6.45, 7) is 1.18. The molecule has 0 radical (unpaired) electrons. The number of pyridine rings is 1. The summed E-state index contributed by atoms with van der Waals surface area (Å²) in [6.07, 6.45) is 2.44. The second-order valence-corrected chi connectivity index (χ2v) is 8.10. The van der Waals surface area contributed by atoms with Crippen molar-refractivity contribution in [3.8, 4) is 0 Å². The van der Waals surface area contributed by atoms with E-state index in [4.69, 9.17) is 5.73 Å². The average molecular weight is 436 g/mol. The predicted octanol–water partition coefficient (Wildman–Crippen LogP) is 1.98. The van der Waals surface area contributed by atoms with Crippen LogP contribution in [-0.4, -0.2) is 42.0 Å². The van der Waals surface area contributed by atoms with Gasteiger partial charge in [-0.2, -0.15) is 0 Å². The topological polar surface area (TPSA) is 109 Å². The molecule has 0 aliphatic carbocycles. The number of hydrogen-bond donors (Lipinski definition) is 4. The Hall–Kier alpha value is -3.36. The lowest BCUT2D eigenvalue weighted by Crippen LogP contribution is -2.50. The first-order chi connectivity index (χ1) is 15.5. The van der Waals surface area contributed by atoms with Gasteiger partial charge in [-0.05, 0) is 55.3 Å². The van der Waals surface area contributed by atoms with Gasteiger partial charge in [0, 0.05) is 11.8 Å². The molecule has 2 heterocycles. The highest BCUT2D eigenvalue weighted by molar-refractivity contribution is 5.99. The van der Waals surface area contributed by atoms with Crippen LogP contribution in [0.1, 0.15) is 12.0 Å². The van der Waals surface area contributed by atoms with Crippen molar-refractivity contribution in [3.63, 3.8) is 0 Å². The quantitative estimate of drug-likeness (QED) is 0.454. The number of para-hydroxylation sites is 1. The van der Waals surface area contributed by atoms with Crippen molar-refractivity contribution < 1.29 is 14.0 Å². The zero-order valence-electron chi connectivity index (χ0n) is 17.6. The van der Waals surface area contributed by atoms with Crippen molar-refractivity contribution >= 4 is 28.4 Å². The second kappa shape index (κ2) is 9.84. The van der Waals surface area contributed by atoms with Gasteiger partial charge in [0.2, 0.25) is 11.8 Å². The molecule has 1 unspecified atom stereocenters. The third-order valence-corrected chi connectivity index (χ3v) is 5.72. The minimum Gasteiger partial charge on any atom is -0.343 e. The Labute approximate surface area is 185 Å². The van der Waals surface area contributed by atoms with Crippen molar-refractivity contribution in [2.75, 3.05) is 18.4 Å². The summed E-state index contributed by atoms with van der Waals surface area (Å²) in [4.78, 5) is 30.3. The van der Waals surface area contributed by atoms with Gasteiger partial charge in [-0.15, -0.1) is 0 Å². The number of carbonyl (C=O) groups is 2. The van der Waals surface area contributed by atoms with Gasteiger partial charge in [-0.25, -0.2) is 4.39 Å². The normalized spacial score (nSPS) is 18.9. The van der Waals surface area contributed by atoms with Gasteiger partial charge in [-0.3, -0.25) is 14.6 Å². The molecular formula is C24H26FN5O2. The van der Waals surface area contributed by atoms with Crippen molar-refractivity contribution in [2.45, 2.75) is 24.9 Å². The molecule has 1 fully saturated rings. The van der Waals surface area contributed by atoms with Crippen LogP contribution in [0, 0.1) is 11.7 Å². The maximum absolute atomic E-state index is 13.3. The number of anilines is 1. The first-order valence-corrected chi connectivity index (χ1v) is 10.7. The summed E-state index contributed by atoms with van der Waals surface area (Å²) in [5.74, 6) is -0.740. The van der Waals surface area contributed by atoms with Gasteiger partial charge in [0.1, 0.15) is 11.9 Å². The summed E-state index contributed by atoms with van der Waals surface area (Å²) < 4.78 is 13.3. The molecule has 166 valence electrons. The summed E-state index contributed by atoms with van der Waals surface area (Å²) in [5.41, 5.74) is 7.81. The van der Waals surface area contributed by atoms with Crippen LogP contribution >= 0.6 is 0 Å². The van der Waals surface area contributed by atoms with E-state index in [-0.39, 0.29) is 30.0 Å². The molecule has 1 aliphatic rings. The molecule has 2 aromatic carbocycles. The molecule has 0 bridgehead atoms. The number of aromatic nitrogens is 1. The minimum absolute atomic E-state index is 0.228. The number of nitrogens with two attached hydrogens (primary N) is 1. The van der Waals surface area contributed by atoms with Crippen LogP contribution in [0.25, 0.3) is 10.9 Å². The second-order valence-electron chi connectivity index (χ2n) is 8.10. The number of hydrogen-bond acceptors (Lipinski definition) is 5. The Bertz CT molecular complexity index is 1100. The van der Waals surface area contributed by atoms with Crippen molar-refractivity contribution in [2.24, 2.45) is 11.7 Å². The van der Waals surface area contributed by atoms with Crippen LogP contribution in [0.15, 0.2) is 60.8 Å². The fraction of sp³-hybridized carbons (Fsp3) is 0.292. The number of benzene rings is 2. The number of fused-ring (bicyclic) bond motifs is 1. The van der Waals surface area contributed by atoms with Crippen LogP contribution in [0.3, 0.4) is 0 Å². The van der Waals surface area contributed by atoms with Crippen LogP contribution < -0.4 is 21.7 Å². The molecule has 4 rings (SSSR count). The summed E-state index contributed by atoms with van der Waals surface area (Å²) >= 11 is 0. The molecule has 2 amide bonds. The standard InChI is InChI=1S/C24H26FN5O2/c25-18-7-5-15(6-8-18)9-22(30-23(31)21-10-16(12-26)13-27-21)24(32)29-19-11-17-3-1-2-4-20(17)28-14-19/h1-8,11,14,16,21-22,27H,9-10,12-13,26H2,(H,29,32)(H,30,31)/t16-,21-,22?/m1/s1. The minimum atomic E-state index is -0.835. The number of nitrogens with one attached hydrogen (secondary N) is 3. The van der Waals surface area contributed by atoms with E-state index in [1.165, 1.54) is 12.1 Å². The summed E-state index contributed by atoms with van der Waals surface area (Å²) in [5, 5.41) is 9.76. The van der Waals surface area contributed by atoms with Gasteiger partial charge >= 0.3 is 0 Å². The molecule has 5 N–H and O–H groups in total. The van der Waals surface area contributed by atoms with Crippen molar-refractivity contribution in [3.05, 3.63) is 72.2 Å². The lowest BCUT2D eigenvalue weighted by molar-refractivity contribution is -0.127. The highest BCUT2D eigenvalue weighted by atomic mass is 19.1. The van der Waals surface area contributed by atoms with Gasteiger partial charge in [0.15, 0.2) is 0 Å². The fourth-order valence-corrected chi connectivity index (χ4v) is 3.89. The van der Waals surface area contributed by atoms with E-state index in [9.17, 15) is 14.0 Å². The first-order valence-electron chi connectivity index (χ1n) is 10.7. The Morgan fingerprint density at radius 2 is 1.97 bits per heavy atom. The third-order valence-electron chi connectivity index (χ3n) is 5.72. The van der Waals surface area contributed by atoms with Crippen LogP contribution in [0.4, 0.5) is 10.1 Å².